The minimum absolute atomic E-state index is 0.00568. The number of carbonyl (C=O) groups is 1. The topological polar surface area (TPSA) is 47.8 Å². The molecule has 0 unspecified atom stereocenters. The van der Waals surface area contributed by atoms with Crippen LogP contribution in [0.1, 0.15) is 35.2 Å². The van der Waals surface area contributed by atoms with Crippen LogP contribution in [0.2, 0.25) is 0 Å². The molecule has 16 heavy (non-hydrogen) atoms. The van der Waals surface area contributed by atoms with E-state index in [1.165, 1.54) is 18.3 Å². The smallest absolute Gasteiger partial charge is 0.188 e. The van der Waals surface area contributed by atoms with Gasteiger partial charge in [-0.25, -0.2) is 9.97 Å². The number of aryl methyl sites for hydroxylation is 2. The van der Waals surface area contributed by atoms with Crippen LogP contribution in [-0.4, -0.2) is 20.3 Å². The maximum absolute atomic E-state index is 11.2. The van der Waals surface area contributed by atoms with E-state index in [4.69, 9.17) is 0 Å². The molecule has 0 amide bonds. The lowest BCUT2D eigenvalue weighted by Crippen LogP contribution is -2.00. The molecule has 0 bridgehead atoms. The zero-order valence-electron chi connectivity index (χ0n) is 9.52. The van der Waals surface area contributed by atoms with Crippen LogP contribution in [0.25, 0.3) is 5.82 Å². The zero-order chi connectivity index (χ0) is 11.7. The molecule has 2 heterocycles. The van der Waals surface area contributed by atoms with E-state index in [0.717, 1.165) is 23.8 Å². The molecule has 0 fully saturated rings. The molecule has 2 aromatic heterocycles. The fourth-order valence-electron chi connectivity index (χ4n) is 1.53. The first-order chi connectivity index (χ1) is 7.61. The number of thiazole rings is 1. The Hall–Kier alpha value is -1.49. The SMILES string of the molecule is CCc1nc(C)cn1-c1csc(C(C)=O)n1. The standard InChI is InChI=1S/C11H13N3OS/c1-4-9-12-7(2)5-14(9)10-6-16-11(13-10)8(3)15/h5-6H,4H2,1-3H3. The highest BCUT2D eigenvalue weighted by molar-refractivity contribution is 7.11. The van der Waals surface area contributed by atoms with Crippen molar-refractivity contribution in [2.75, 3.05) is 0 Å². The van der Waals surface area contributed by atoms with Gasteiger partial charge in [-0.3, -0.25) is 9.36 Å². The fraction of sp³-hybridized carbons (Fsp3) is 0.364. The van der Waals surface area contributed by atoms with E-state index in [1.54, 1.807) is 0 Å². The maximum Gasteiger partial charge on any atom is 0.188 e. The van der Waals surface area contributed by atoms with E-state index >= 15 is 0 Å². The molecule has 4 nitrogen and oxygen atoms in total. The van der Waals surface area contributed by atoms with Gasteiger partial charge in [-0.15, -0.1) is 11.3 Å². The van der Waals surface area contributed by atoms with Gasteiger partial charge in [-0.2, -0.15) is 0 Å². The number of imidazole rings is 1. The lowest BCUT2D eigenvalue weighted by molar-refractivity contribution is 0.101. The molecule has 0 aliphatic rings. The normalized spacial score (nSPS) is 10.7. The van der Waals surface area contributed by atoms with Crippen molar-refractivity contribution in [1.29, 1.82) is 0 Å². The van der Waals surface area contributed by atoms with Gasteiger partial charge >= 0.3 is 0 Å². The highest BCUT2D eigenvalue weighted by Crippen LogP contribution is 2.17. The monoisotopic (exact) mass is 235 g/mol. The van der Waals surface area contributed by atoms with Gasteiger partial charge in [0.05, 0.1) is 5.69 Å². The Morgan fingerprint density at radius 2 is 2.25 bits per heavy atom. The van der Waals surface area contributed by atoms with Crippen molar-refractivity contribution in [3.8, 4) is 5.82 Å². The molecule has 0 aromatic carbocycles. The van der Waals surface area contributed by atoms with Crippen molar-refractivity contribution in [3.05, 3.63) is 28.1 Å². The second kappa shape index (κ2) is 4.17. The minimum atomic E-state index is 0.00568. The Labute approximate surface area is 98.0 Å². The van der Waals surface area contributed by atoms with Crippen molar-refractivity contribution < 1.29 is 4.79 Å². The van der Waals surface area contributed by atoms with E-state index in [-0.39, 0.29) is 5.78 Å². The molecule has 0 atom stereocenters. The Balaban J connectivity index is 2.45. The molecule has 0 aliphatic carbocycles. The summed E-state index contributed by atoms with van der Waals surface area (Å²) in [5.74, 6) is 1.76. The van der Waals surface area contributed by atoms with Crippen LogP contribution in [0.4, 0.5) is 0 Å². The average Bonchev–Trinajstić information content (AvgIpc) is 2.82. The highest BCUT2D eigenvalue weighted by Gasteiger charge is 2.11. The van der Waals surface area contributed by atoms with Crippen LogP contribution in [-0.2, 0) is 6.42 Å². The summed E-state index contributed by atoms with van der Waals surface area (Å²) in [7, 11) is 0. The Kier molecular flexibility index (Phi) is 2.87. The van der Waals surface area contributed by atoms with Crippen molar-refractivity contribution >= 4 is 17.1 Å². The van der Waals surface area contributed by atoms with E-state index in [2.05, 4.69) is 16.9 Å². The molecule has 0 saturated carbocycles. The van der Waals surface area contributed by atoms with Crippen LogP contribution in [0, 0.1) is 6.92 Å². The van der Waals surface area contributed by atoms with Crippen LogP contribution in [0.15, 0.2) is 11.6 Å². The number of Topliss-reactive ketones (excluding diaryl/α,β-unsaturated/α-hetero) is 1. The summed E-state index contributed by atoms with van der Waals surface area (Å²) in [6, 6.07) is 0. The second-order valence-corrected chi connectivity index (χ2v) is 4.45. The Morgan fingerprint density at radius 3 is 2.81 bits per heavy atom. The number of nitrogens with zero attached hydrogens (tertiary/aromatic N) is 3. The van der Waals surface area contributed by atoms with Crippen LogP contribution < -0.4 is 0 Å². The van der Waals surface area contributed by atoms with Gasteiger partial charge in [0.2, 0.25) is 0 Å². The molecule has 2 rings (SSSR count). The molecule has 84 valence electrons. The molecule has 0 spiro atoms. The van der Waals surface area contributed by atoms with Crippen molar-refractivity contribution in [2.24, 2.45) is 0 Å². The summed E-state index contributed by atoms with van der Waals surface area (Å²) >= 11 is 1.37. The zero-order valence-corrected chi connectivity index (χ0v) is 10.3. The van der Waals surface area contributed by atoms with Crippen LogP contribution in [0.3, 0.4) is 0 Å². The first-order valence-electron chi connectivity index (χ1n) is 5.13. The van der Waals surface area contributed by atoms with E-state index < -0.39 is 0 Å². The van der Waals surface area contributed by atoms with Gasteiger partial charge in [0, 0.05) is 24.9 Å². The van der Waals surface area contributed by atoms with Gasteiger partial charge in [0.25, 0.3) is 0 Å². The van der Waals surface area contributed by atoms with Gasteiger partial charge in [0.15, 0.2) is 10.8 Å². The molecule has 0 radical (unpaired) electrons. The molecular weight excluding hydrogens is 222 g/mol. The van der Waals surface area contributed by atoms with E-state index in [0.29, 0.717) is 5.01 Å². The molecular formula is C11H13N3OS. The Bertz CT molecular complexity index is 527. The van der Waals surface area contributed by atoms with E-state index in [9.17, 15) is 4.79 Å². The van der Waals surface area contributed by atoms with E-state index in [1.807, 2.05) is 23.1 Å². The lowest BCUT2D eigenvalue weighted by Gasteiger charge is -2.00. The highest BCUT2D eigenvalue weighted by atomic mass is 32.1. The lowest BCUT2D eigenvalue weighted by atomic mass is 10.4. The molecule has 0 aliphatic heterocycles. The van der Waals surface area contributed by atoms with Crippen LogP contribution in [0.5, 0.6) is 0 Å². The third kappa shape index (κ3) is 1.90. The first kappa shape index (κ1) is 11.0. The maximum atomic E-state index is 11.2. The summed E-state index contributed by atoms with van der Waals surface area (Å²) in [4.78, 5) is 19.9. The van der Waals surface area contributed by atoms with Gasteiger partial charge < -0.3 is 0 Å². The Morgan fingerprint density at radius 1 is 1.50 bits per heavy atom. The van der Waals surface area contributed by atoms with Gasteiger partial charge in [-0.05, 0) is 6.92 Å². The van der Waals surface area contributed by atoms with Crippen molar-refractivity contribution in [1.82, 2.24) is 14.5 Å². The van der Waals surface area contributed by atoms with Crippen molar-refractivity contribution in [2.45, 2.75) is 27.2 Å². The number of carbonyl (C=O) groups excluding carboxylic acids is 1. The minimum Gasteiger partial charge on any atom is -0.292 e. The largest absolute Gasteiger partial charge is 0.292 e. The first-order valence-corrected chi connectivity index (χ1v) is 6.01. The number of aromatic nitrogens is 3. The molecule has 2 aromatic rings. The number of ketones is 1. The van der Waals surface area contributed by atoms with Crippen LogP contribution >= 0.6 is 11.3 Å². The number of hydrogen-bond acceptors (Lipinski definition) is 4. The van der Waals surface area contributed by atoms with Gasteiger partial charge in [0.1, 0.15) is 11.6 Å². The molecule has 0 N–H and O–H groups in total. The average molecular weight is 235 g/mol. The number of rotatable bonds is 3. The summed E-state index contributed by atoms with van der Waals surface area (Å²) < 4.78 is 1.94. The fourth-order valence-corrected chi connectivity index (χ4v) is 2.23. The third-order valence-electron chi connectivity index (χ3n) is 2.26. The predicted octanol–water partition coefficient (Wildman–Crippen LogP) is 2.40. The summed E-state index contributed by atoms with van der Waals surface area (Å²) in [5.41, 5.74) is 0.967. The van der Waals surface area contributed by atoms with Gasteiger partial charge in [-0.1, -0.05) is 6.92 Å². The molecule has 0 saturated heterocycles. The van der Waals surface area contributed by atoms with Crippen molar-refractivity contribution in [3.63, 3.8) is 0 Å². The summed E-state index contributed by atoms with van der Waals surface area (Å²) in [5, 5.41) is 2.43. The third-order valence-corrected chi connectivity index (χ3v) is 3.19. The second-order valence-electron chi connectivity index (χ2n) is 3.59. The number of hydrogen-bond donors (Lipinski definition) is 0. The predicted molar refractivity (Wildman–Crippen MR) is 63.4 cm³/mol. The summed E-state index contributed by atoms with van der Waals surface area (Å²) in [6.45, 7) is 5.53. The quantitative estimate of drug-likeness (QED) is 0.767. The molecule has 5 heteroatoms. The summed E-state index contributed by atoms with van der Waals surface area (Å²) in [6.07, 6.45) is 2.79.